The highest BCUT2D eigenvalue weighted by molar-refractivity contribution is 6.04. The number of benzene rings is 1. The van der Waals surface area contributed by atoms with E-state index >= 15 is 0 Å². The van der Waals surface area contributed by atoms with Crippen molar-refractivity contribution >= 4 is 11.6 Å². The lowest BCUT2D eigenvalue weighted by Crippen LogP contribution is -2.14. The van der Waals surface area contributed by atoms with E-state index in [9.17, 15) is 4.79 Å². The second-order valence-electron chi connectivity index (χ2n) is 6.66. The molecule has 0 radical (unpaired) electrons. The van der Waals surface area contributed by atoms with E-state index in [2.05, 4.69) is 36.1 Å². The van der Waals surface area contributed by atoms with Gasteiger partial charge in [0.25, 0.3) is 5.91 Å². The molecule has 0 aliphatic rings. The summed E-state index contributed by atoms with van der Waals surface area (Å²) in [6.45, 7) is 6.48. The van der Waals surface area contributed by atoms with Crippen molar-refractivity contribution in [2.75, 3.05) is 5.32 Å². The van der Waals surface area contributed by atoms with Crippen LogP contribution in [-0.4, -0.2) is 20.4 Å². The molecule has 0 saturated heterocycles. The zero-order valence-electron chi connectivity index (χ0n) is 14.0. The van der Waals surface area contributed by atoms with Crippen LogP contribution in [0.3, 0.4) is 0 Å². The Kier molecular flexibility index (Phi) is 4.16. The highest BCUT2D eigenvalue weighted by Crippen LogP contribution is 2.23. The van der Waals surface area contributed by atoms with Crippen LogP contribution in [-0.2, 0) is 5.41 Å². The highest BCUT2D eigenvalue weighted by atomic mass is 16.1. The van der Waals surface area contributed by atoms with Crippen molar-refractivity contribution in [1.82, 2.24) is 14.5 Å². The minimum absolute atomic E-state index is 0.0929. The predicted octanol–water partition coefficient (Wildman–Crippen LogP) is 3.82. The third kappa shape index (κ3) is 3.51. The van der Waals surface area contributed by atoms with Gasteiger partial charge in [-0.2, -0.15) is 0 Å². The van der Waals surface area contributed by atoms with Crippen molar-refractivity contribution in [1.29, 1.82) is 0 Å². The number of carbonyl (C=O) groups is 1. The number of amides is 1. The van der Waals surface area contributed by atoms with Gasteiger partial charge in [0, 0.05) is 24.3 Å². The molecule has 0 unspecified atom stereocenters. The van der Waals surface area contributed by atoms with Gasteiger partial charge in [0.1, 0.15) is 12.1 Å². The zero-order chi connectivity index (χ0) is 17.2. The average molecular weight is 320 g/mol. The van der Waals surface area contributed by atoms with Gasteiger partial charge in [-0.05, 0) is 35.2 Å². The molecule has 5 nitrogen and oxygen atoms in total. The van der Waals surface area contributed by atoms with Gasteiger partial charge in [-0.15, -0.1) is 0 Å². The van der Waals surface area contributed by atoms with Gasteiger partial charge in [0.2, 0.25) is 0 Å². The minimum atomic E-state index is -0.178. The van der Waals surface area contributed by atoms with E-state index in [1.807, 2.05) is 24.3 Å². The number of hydrogen-bond donors (Lipinski definition) is 1. The number of hydrogen-bond acceptors (Lipinski definition) is 3. The maximum atomic E-state index is 12.3. The van der Waals surface area contributed by atoms with Crippen LogP contribution in [0.25, 0.3) is 5.82 Å². The summed E-state index contributed by atoms with van der Waals surface area (Å²) in [6.07, 6.45) is 6.72. The first kappa shape index (κ1) is 15.9. The molecule has 0 aliphatic heterocycles. The summed E-state index contributed by atoms with van der Waals surface area (Å²) in [5.74, 6) is 0.543. The second kappa shape index (κ2) is 6.28. The normalized spacial score (nSPS) is 11.3. The molecule has 1 N–H and O–H groups in total. The molecule has 0 atom stereocenters. The number of carbonyl (C=O) groups excluding carboxylic acids is 1. The standard InChI is InChI=1S/C19H20N4O/c1-19(2,3)15-5-7-16(8-6-15)22-18(24)14-4-9-17(21-12-14)23-11-10-20-13-23/h4-13H,1-3H3,(H,22,24). The fraction of sp³-hybridized carbons (Fsp3) is 0.211. The summed E-state index contributed by atoms with van der Waals surface area (Å²) in [7, 11) is 0. The Bertz CT molecular complexity index is 813. The maximum Gasteiger partial charge on any atom is 0.257 e. The molecule has 1 amide bonds. The number of pyridine rings is 1. The van der Waals surface area contributed by atoms with Gasteiger partial charge in [-0.1, -0.05) is 32.9 Å². The molecular weight excluding hydrogens is 300 g/mol. The summed E-state index contributed by atoms with van der Waals surface area (Å²) in [4.78, 5) is 20.6. The van der Waals surface area contributed by atoms with Crippen LogP contribution >= 0.6 is 0 Å². The van der Waals surface area contributed by atoms with E-state index in [0.717, 1.165) is 11.5 Å². The third-order valence-electron chi connectivity index (χ3n) is 3.79. The van der Waals surface area contributed by atoms with Crippen LogP contribution in [0.4, 0.5) is 5.69 Å². The van der Waals surface area contributed by atoms with Crippen LogP contribution in [0.1, 0.15) is 36.7 Å². The van der Waals surface area contributed by atoms with Crippen LogP contribution in [0.2, 0.25) is 0 Å². The van der Waals surface area contributed by atoms with E-state index in [4.69, 9.17) is 0 Å². The van der Waals surface area contributed by atoms with Gasteiger partial charge in [-0.3, -0.25) is 9.36 Å². The van der Waals surface area contributed by atoms with E-state index in [-0.39, 0.29) is 11.3 Å². The Morgan fingerprint density at radius 3 is 2.38 bits per heavy atom. The van der Waals surface area contributed by atoms with Crippen molar-refractivity contribution in [3.05, 3.63) is 72.4 Å². The van der Waals surface area contributed by atoms with E-state index in [1.54, 1.807) is 41.6 Å². The second-order valence-corrected chi connectivity index (χ2v) is 6.66. The molecule has 3 rings (SSSR count). The predicted molar refractivity (Wildman–Crippen MR) is 94.5 cm³/mol. The quantitative estimate of drug-likeness (QED) is 0.798. The van der Waals surface area contributed by atoms with Gasteiger partial charge in [-0.25, -0.2) is 9.97 Å². The summed E-state index contributed by atoms with van der Waals surface area (Å²) in [6, 6.07) is 11.5. The summed E-state index contributed by atoms with van der Waals surface area (Å²) in [5, 5.41) is 2.89. The van der Waals surface area contributed by atoms with Crippen molar-refractivity contribution in [2.24, 2.45) is 0 Å². The fourth-order valence-electron chi connectivity index (χ4n) is 2.32. The van der Waals surface area contributed by atoms with Crippen molar-refractivity contribution in [3.8, 4) is 5.82 Å². The van der Waals surface area contributed by atoms with Crippen LogP contribution in [0.5, 0.6) is 0 Å². The molecule has 0 spiro atoms. The molecule has 0 bridgehead atoms. The molecule has 0 fully saturated rings. The number of anilines is 1. The Morgan fingerprint density at radius 2 is 1.83 bits per heavy atom. The lowest BCUT2D eigenvalue weighted by Gasteiger charge is -2.19. The van der Waals surface area contributed by atoms with Crippen LogP contribution in [0.15, 0.2) is 61.3 Å². The number of nitrogens with one attached hydrogen (secondary N) is 1. The number of rotatable bonds is 3. The first-order valence-electron chi connectivity index (χ1n) is 7.80. The number of imidazole rings is 1. The Balaban J connectivity index is 1.71. The summed E-state index contributed by atoms with van der Waals surface area (Å²) < 4.78 is 1.78. The van der Waals surface area contributed by atoms with Crippen molar-refractivity contribution in [3.63, 3.8) is 0 Å². The lowest BCUT2D eigenvalue weighted by atomic mass is 9.87. The van der Waals surface area contributed by atoms with Gasteiger partial charge in [0.05, 0.1) is 5.56 Å². The van der Waals surface area contributed by atoms with E-state index in [1.165, 1.54) is 5.56 Å². The Hall–Kier alpha value is -2.95. The molecule has 2 aromatic heterocycles. The largest absolute Gasteiger partial charge is 0.322 e. The molecule has 24 heavy (non-hydrogen) atoms. The average Bonchev–Trinajstić information content (AvgIpc) is 3.09. The first-order chi connectivity index (χ1) is 11.4. The fourth-order valence-corrected chi connectivity index (χ4v) is 2.32. The summed E-state index contributed by atoms with van der Waals surface area (Å²) >= 11 is 0. The first-order valence-corrected chi connectivity index (χ1v) is 7.80. The molecule has 0 aliphatic carbocycles. The summed E-state index contributed by atoms with van der Waals surface area (Å²) in [5.41, 5.74) is 2.60. The van der Waals surface area contributed by atoms with Crippen LogP contribution < -0.4 is 5.32 Å². The van der Waals surface area contributed by atoms with Crippen molar-refractivity contribution < 1.29 is 4.79 Å². The topological polar surface area (TPSA) is 59.8 Å². The highest BCUT2D eigenvalue weighted by Gasteiger charge is 2.13. The molecule has 0 saturated carbocycles. The SMILES string of the molecule is CC(C)(C)c1ccc(NC(=O)c2ccc(-n3ccnc3)nc2)cc1. The maximum absolute atomic E-state index is 12.3. The smallest absolute Gasteiger partial charge is 0.257 e. The number of aromatic nitrogens is 3. The van der Waals surface area contributed by atoms with Gasteiger partial charge >= 0.3 is 0 Å². The van der Waals surface area contributed by atoms with Gasteiger partial charge in [0.15, 0.2) is 0 Å². The minimum Gasteiger partial charge on any atom is -0.322 e. The Morgan fingerprint density at radius 1 is 1.08 bits per heavy atom. The van der Waals surface area contributed by atoms with E-state index in [0.29, 0.717) is 5.56 Å². The molecule has 2 heterocycles. The van der Waals surface area contributed by atoms with E-state index < -0.39 is 0 Å². The number of nitrogens with zero attached hydrogens (tertiary/aromatic N) is 3. The lowest BCUT2D eigenvalue weighted by molar-refractivity contribution is 0.102. The Labute approximate surface area is 141 Å². The van der Waals surface area contributed by atoms with Crippen molar-refractivity contribution in [2.45, 2.75) is 26.2 Å². The molecule has 122 valence electrons. The monoisotopic (exact) mass is 320 g/mol. The van der Waals surface area contributed by atoms with Crippen LogP contribution in [0, 0.1) is 0 Å². The molecular formula is C19H20N4O. The molecule has 3 aromatic rings. The van der Waals surface area contributed by atoms with Gasteiger partial charge < -0.3 is 5.32 Å². The molecule has 1 aromatic carbocycles. The third-order valence-corrected chi connectivity index (χ3v) is 3.79. The molecule has 5 heteroatoms. The zero-order valence-corrected chi connectivity index (χ0v) is 14.0.